The van der Waals surface area contributed by atoms with Crippen molar-refractivity contribution in [2.75, 3.05) is 31.5 Å². The first-order valence-electron chi connectivity index (χ1n) is 9.37. The first kappa shape index (κ1) is 17.2. The third-order valence-electron chi connectivity index (χ3n) is 5.18. The Hall–Kier alpha value is -1.25. The van der Waals surface area contributed by atoms with Crippen LogP contribution in [0.3, 0.4) is 0 Å². The summed E-state index contributed by atoms with van der Waals surface area (Å²) in [5.74, 6) is 0.577. The van der Waals surface area contributed by atoms with Crippen molar-refractivity contribution in [2.45, 2.75) is 63.7 Å². The van der Waals surface area contributed by atoms with E-state index in [0.717, 1.165) is 44.0 Å². The first-order chi connectivity index (χ1) is 12.1. The fraction of sp³-hybridized carbons (Fsp3) is 0.824. The van der Waals surface area contributed by atoms with E-state index >= 15 is 0 Å². The lowest BCUT2D eigenvalue weighted by Crippen LogP contribution is -2.51. The van der Waals surface area contributed by atoms with E-state index in [1.165, 1.54) is 24.2 Å². The van der Waals surface area contributed by atoms with E-state index in [-0.39, 0.29) is 24.3 Å². The van der Waals surface area contributed by atoms with Crippen molar-refractivity contribution in [2.24, 2.45) is 0 Å². The maximum atomic E-state index is 12.7. The summed E-state index contributed by atoms with van der Waals surface area (Å²) in [6.45, 7) is 7.87. The number of urea groups is 1. The van der Waals surface area contributed by atoms with Gasteiger partial charge in [-0.2, -0.15) is 0 Å². The molecule has 0 spiro atoms. The number of carbonyl (C=O) groups is 1. The van der Waals surface area contributed by atoms with E-state index in [9.17, 15) is 4.79 Å². The van der Waals surface area contributed by atoms with Gasteiger partial charge in [0.1, 0.15) is 5.01 Å². The van der Waals surface area contributed by atoms with Gasteiger partial charge in [0.05, 0.1) is 12.2 Å². The number of carbonyl (C=O) groups excluding carboxylic acids is 1. The molecule has 2 saturated heterocycles. The third kappa shape index (κ3) is 4.12. The molecule has 4 rings (SSSR count). The van der Waals surface area contributed by atoms with E-state index in [4.69, 9.17) is 4.74 Å². The van der Waals surface area contributed by atoms with Crippen LogP contribution in [0.5, 0.6) is 0 Å². The molecule has 1 saturated carbocycles. The van der Waals surface area contributed by atoms with Crippen LogP contribution >= 0.6 is 11.3 Å². The predicted molar refractivity (Wildman–Crippen MR) is 97.1 cm³/mol. The maximum absolute atomic E-state index is 12.7. The maximum Gasteiger partial charge on any atom is 0.323 e. The Balaban J connectivity index is 1.34. The highest BCUT2D eigenvalue weighted by Crippen LogP contribution is 2.42. The molecule has 1 aromatic rings. The van der Waals surface area contributed by atoms with Gasteiger partial charge in [-0.3, -0.25) is 10.2 Å². The Morgan fingerprint density at radius 2 is 2.00 bits per heavy atom. The molecule has 3 fully saturated rings. The summed E-state index contributed by atoms with van der Waals surface area (Å²) < 4.78 is 5.81. The zero-order valence-electron chi connectivity index (χ0n) is 15.0. The van der Waals surface area contributed by atoms with Crippen LogP contribution in [-0.2, 0) is 4.74 Å². The average molecular weight is 366 g/mol. The van der Waals surface area contributed by atoms with Crippen molar-refractivity contribution < 1.29 is 9.53 Å². The van der Waals surface area contributed by atoms with E-state index in [1.54, 1.807) is 0 Å². The fourth-order valence-electron chi connectivity index (χ4n) is 3.97. The molecule has 1 N–H and O–H groups in total. The van der Waals surface area contributed by atoms with Gasteiger partial charge in [-0.25, -0.2) is 4.79 Å². The molecule has 3 heterocycles. The van der Waals surface area contributed by atoms with Gasteiger partial charge in [0, 0.05) is 38.1 Å². The highest BCUT2D eigenvalue weighted by molar-refractivity contribution is 7.15. The summed E-state index contributed by atoms with van der Waals surface area (Å²) in [4.78, 5) is 17.1. The van der Waals surface area contributed by atoms with Crippen LogP contribution in [0, 0.1) is 0 Å². The number of nitrogens with zero attached hydrogens (tertiary/aromatic N) is 4. The van der Waals surface area contributed by atoms with Crippen molar-refractivity contribution >= 4 is 22.5 Å². The quantitative estimate of drug-likeness (QED) is 0.888. The van der Waals surface area contributed by atoms with Gasteiger partial charge in [0.15, 0.2) is 0 Å². The molecular formula is C17H27N5O2S. The lowest BCUT2D eigenvalue weighted by atomic mass is 10.1. The SMILES string of the molecule is C[C@@H]1CN(C[C@H]2CCCN2C(=O)Nc2nnc(C3CC3)s2)C[C@@H](C)O1. The second-order valence-electron chi connectivity index (χ2n) is 7.62. The number of hydrogen-bond acceptors (Lipinski definition) is 6. The Morgan fingerprint density at radius 3 is 2.72 bits per heavy atom. The van der Waals surface area contributed by atoms with Crippen molar-refractivity contribution in [1.29, 1.82) is 0 Å². The molecule has 25 heavy (non-hydrogen) atoms. The van der Waals surface area contributed by atoms with Crippen molar-refractivity contribution in [3.63, 3.8) is 0 Å². The molecule has 2 amide bonds. The number of nitrogens with one attached hydrogen (secondary N) is 1. The molecule has 0 radical (unpaired) electrons. The molecule has 1 aliphatic carbocycles. The zero-order valence-corrected chi connectivity index (χ0v) is 15.8. The normalized spacial score (nSPS) is 30.6. The molecule has 138 valence electrons. The van der Waals surface area contributed by atoms with Crippen molar-refractivity contribution in [3.05, 3.63) is 5.01 Å². The van der Waals surface area contributed by atoms with Crippen LogP contribution in [0.1, 0.15) is 50.5 Å². The molecule has 8 heteroatoms. The zero-order chi connectivity index (χ0) is 17.4. The van der Waals surface area contributed by atoms with Crippen LogP contribution in [0.25, 0.3) is 0 Å². The van der Waals surface area contributed by atoms with Crippen LogP contribution < -0.4 is 5.32 Å². The average Bonchev–Trinajstić information content (AvgIpc) is 3.12. The summed E-state index contributed by atoms with van der Waals surface area (Å²) in [7, 11) is 0. The van der Waals surface area contributed by atoms with Crippen LogP contribution in [0.4, 0.5) is 9.93 Å². The Bertz CT molecular complexity index is 610. The Kier molecular flexibility index (Phi) is 4.92. The number of morpholine rings is 1. The highest BCUT2D eigenvalue weighted by atomic mass is 32.1. The van der Waals surface area contributed by atoms with Gasteiger partial charge in [0.2, 0.25) is 5.13 Å². The molecule has 3 atom stereocenters. The number of ether oxygens (including phenoxy) is 1. The van der Waals surface area contributed by atoms with Gasteiger partial charge in [-0.05, 0) is 39.5 Å². The van der Waals surface area contributed by atoms with E-state index in [2.05, 4.69) is 34.3 Å². The van der Waals surface area contributed by atoms with Crippen molar-refractivity contribution in [1.82, 2.24) is 20.0 Å². The monoisotopic (exact) mass is 365 g/mol. The minimum absolute atomic E-state index is 0.0321. The number of aromatic nitrogens is 2. The summed E-state index contributed by atoms with van der Waals surface area (Å²) in [5.41, 5.74) is 0. The Labute approximate surface area is 152 Å². The van der Waals surface area contributed by atoms with Crippen molar-refractivity contribution in [3.8, 4) is 0 Å². The van der Waals surface area contributed by atoms with E-state index in [0.29, 0.717) is 11.0 Å². The summed E-state index contributed by atoms with van der Waals surface area (Å²) in [6, 6.07) is 0.240. The molecule has 3 aliphatic rings. The number of likely N-dealkylation sites (tertiary alicyclic amines) is 1. The molecule has 0 bridgehead atoms. The van der Waals surface area contributed by atoms with E-state index in [1.807, 2.05) is 4.90 Å². The smallest absolute Gasteiger partial charge is 0.323 e. The van der Waals surface area contributed by atoms with Gasteiger partial charge in [0.25, 0.3) is 0 Å². The first-order valence-corrected chi connectivity index (χ1v) is 10.2. The second-order valence-corrected chi connectivity index (χ2v) is 8.62. The topological polar surface area (TPSA) is 70.6 Å². The minimum Gasteiger partial charge on any atom is -0.373 e. The van der Waals surface area contributed by atoms with Crippen LogP contribution in [0.15, 0.2) is 0 Å². The largest absolute Gasteiger partial charge is 0.373 e. The third-order valence-corrected chi connectivity index (χ3v) is 6.18. The molecule has 2 aliphatic heterocycles. The Morgan fingerprint density at radius 1 is 1.24 bits per heavy atom. The van der Waals surface area contributed by atoms with Gasteiger partial charge < -0.3 is 9.64 Å². The lowest BCUT2D eigenvalue weighted by Gasteiger charge is -2.38. The highest BCUT2D eigenvalue weighted by Gasteiger charge is 2.33. The summed E-state index contributed by atoms with van der Waals surface area (Å²) >= 11 is 1.52. The fourth-order valence-corrected chi connectivity index (χ4v) is 4.87. The molecule has 7 nitrogen and oxygen atoms in total. The van der Waals surface area contributed by atoms with Crippen LogP contribution in [0.2, 0.25) is 0 Å². The van der Waals surface area contributed by atoms with Gasteiger partial charge in [-0.15, -0.1) is 10.2 Å². The predicted octanol–water partition coefficient (Wildman–Crippen LogP) is 2.52. The lowest BCUT2D eigenvalue weighted by molar-refractivity contribution is -0.0712. The number of anilines is 1. The van der Waals surface area contributed by atoms with E-state index < -0.39 is 0 Å². The number of amides is 2. The molecule has 1 aromatic heterocycles. The van der Waals surface area contributed by atoms with Gasteiger partial charge in [-0.1, -0.05) is 11.3 Å². The number of hydrogen-bond donors (Lipinski definition) is 1. The number of rotatable bonds is 4. The molecule has 0 aromatic carbocycles. The molecular weight excluding hydrogens is 338 g/mol. The molecule has 0 unspecified atom stereocenters. The summed E-state index contributed by atoms with van der Waals surface area (Å²) in [6.07, 6.45) is 5.05. The van der Waals surface area contributed by atoms with Gasteiger partial charge >= 0.3 is 6.03 Å². The standard InChI is InChI=1S/C17H27N5O2S/c1-11-8-21(9-12(2)24-11)10-14-4-3-7-22(14)17(23)18-16-20-19-15(25-16)13-5-6-13/h11-14H,3-10H2,1-2H3,(H,18,20,23)/t11-,12-,14-/m1/s1. The van der Waals surface area contributed by atoms with Crippen LogP contribution in [-0.4, -0.2) is 70.5 Å². The summed E-state index contributed by atoms with van der Waals surface area (Å²) in [5, 5.41) is 13.0. The minimum atomic E-state index is -0.0321. The second kappa shape index (κ2) is 7.17.